The molecule has 0 atom stereocenters. The van der Waals surface area contributed by atoms with E-state index in [0.29, 0.717) is 12.2 Å². The fourth-order valence-corrected chi connectivity index (χ4v) is 2.64. The number of ether oxygens (including phenoxy) is 1. The van der Waals surface area contributed by atoms with Crippen LogP contribution in [0.3, 0.4) is 0 Å². The molecule has 6 nitrogen and oxygen atoms in total. The molecule has 1 aliphatic heterocycles. The Kier molecular flexibility index (Phi) is 4.71. The van der Waals surface area contributed by atoms with Crippen molar-refractivity contribution in [3.63, 3.8) is 0 Å². The van der Waals surface area contributed by atoms with E-state index >= 15 is 0 Å². The molecule has 2 heterocycles. The summed E-state index contributed by atoms with van der Waals surface area (Å²) in [6.07, 6.45) is 3.53. The fourth-order valence-electron chi connectivity index (χ4n) is 2.64. The van der Waals surface area contributed by atoms with Crippen LogP contribution in [0, 0.1) is 0 Å². The Morgan fingerprint density at radius 1 is 1.04 bits per heavy atom. The number of hydrogen-bond acceptors (Lipinski definition) is 6. The van der Waals surface area contributed by atoms with Gasteiger partial charge in [0.25, 0.3) is 0 Å². The van der Waals surface area contributed by atoms with Gasteiger partial charge in [-0.2, -0.15) is 0 Å². The Balaban J connectivity index is 1.60. The zero-order valence-electron chi connectivity index (χ0n) is 13.2. The van der Waals surface area contributed by atoms with Crippen molar-refractivity contribution >= 4 is 17.6 Å². The fraction of sp³-hybridized carbons (Fsp3) is 0.353. The summed E-state index contributed by atoms with van der Waals surface area (Å²) in [5, 5.41) is 0. The second kappa shape index (κ2) is 7.09. The third kappa shape index (κ3) is 3.59. The Bertz CT molecular complexity index is 637. The highest BCUT2D eigenvalue weighted by Crippen LogP contribution is 2.19. The van der Waals surface area contributed by atoms with E-state index in [1.807, 2.05) is 37.3 Å². The number of aromatic nitrogens is 2. The van der Waals surface area contributed by atoms with E-state index in [1.54, 1.807) is 12.4 Å². The van der Waals surface area contributed by atoms with Crippen LogP contribution >= 0.6 is 0 Å². The second-order valence-corrected chi connectivity index (χ2v) is 5.29. The molecule has 1 aromatic carbocycles. The number of esters is 1. The lowest BCUT2D eigenvalue weighted by Crippen LogP contribution is -2.47. The Labute approximate surface area is 135 Å². The Morgan fingerprint density at radius 3 is 2.26 bits per heavy atom. The minimum atomic E-state index is -0.273. The predicted octanol–water partition coefficient (Wildman–Crippen LogP) is 1.98. The molecule has 0 N–H and O–H groups in total. The average Bonchev–Trinajstić information content (AvgIpc) is 2.63. The molecule has 0 amide bonds. The number of carbonyl (C=O) groups is 1. The molecule has 23 heavy (non-hydrogen) atoms. The molecule has 0 spiro atoms. The lowest BCUT2D eigenvalue weighted by Gasteiger charge is -2.36. The summed E-state index contributed by atoms with van der Waals surface area (Å²) >= 11 is 0. The Hall–Kier alpha value is -2.63. The number of piperazine rings is 1. The van der Waals surface area contributed by atoms with Crippen molar-refractivity contribution in [1.29, 1.82) is 0 Å². The smallest absolute Gasteiger partial charge is 0.338 e. The molecular formula is C17H20N4O2. The van der Waals surface area contributed by atoms with Crippen molar-refractivity contribution < 1.29 is 9.53 Å². The first-order chi connectivity index (χ1) is 11.3. The first-order valence-electron chi connectivity index (χ1n) is 7.82. The predicted molar refractivity (Wildman–Crippen MR) is 88.9 cm³/mol. The van der Waals surface area contributed by atoms with E-state index in [0.717, 1.165) is 37.8 Å². The van der Waals surface area contributed by atoms with Crippen LogP contribution < -0.4 is 9.80 Å². The number of anilines is 2. The summed E-state index contributed by atoms with van der Waals surface area (Å²) in [7, 11) is 0. The van der Waals surface area contributed by atoms with Gasteiger partial charge in [0.2, 0.25) is 5.95 Å². The van der Waals surface area contributed by atoms with Crippen molar-refractivity contribution in [1.82, 2.24) is 9.97 Å². The molecule has 0 saturated carbocycles. The summed E-state index contributed by atoms with van der Waals surface area (Å²) in [6.45, 7) is 5.76. The van der Waals surface area contributed by atoms with Gasteiger partial charge >= 0.3 is 5.97 Å². The first kappa shape index (κ1) is 15.3. The van der Waals surface area contributed by atoms with E-state index < -0.39 is 0 Å². The summed E-state index contributed by atoms with van der Waals surface area (Å²) < 4.78 is 5.00. The molecule has 1 aromatic heterocycles. The van der Waals surface area contributed by atoms with Gasteiger partial charge in [-0.15, -0.1) is 0 Å². The molecule has 0 radical (unpaired) electrons. The second-order valence-electron chi connectivity index (χ2n) is 5.29. The topological polar surface area (TPSA) is 58.6 Å². The maximum absolute atomic E-state index is 11.7. The van der Waals surface area contributed by atoms with Gasteiger partial charge < -0.3 is 14.5 Å². The zero-order valence-corrected chi connectivity index (χ0v) is 13.2. The molecule has 120 valence electrons. The van der Waals surface area contributed by atoms with Gasteiger partial charge in [0.05, 0.1) is 12.2 Å². The zero-order chi connectivity index (χ0) is 16.1. The van der Waals surface area contributed by atoms with Crippen LogP contribution in [0.5, 0.6) is 0 Å². The molecule has 0 unspecified atom stereocenters. The van der Waals surface area contributed by atoms with E-state index in [4.69, 9.17) is 4.74 Å². The molecule has 0 bridgehead atoms. The molecule has 2 aromatic rings. The normalized spacial score (nSPS) is 14.7. The SMILES string of the molecule is CCOC(=O)c1ccc(N2CCN(c3ncccn3)CC2)cc1. The summed E-state index contributed by atoms with van der Waals surface area (Å²) in [6, 6.07) is 9.41. The van der Waals surface area contributed by atoms with Crippen LogP contribution in [0.15, 0.2) is 42.7 Å². The van der Waals surface area contributed by atoms with Crippen LogP contribution in [-0.4, -0.2) is 48.7 Å². The van der Waals surface area contributed by atoms with E-state index in [2.05, 4.69) is 19.8 Å². The molecule has 6 heteroatoms. The number of benzene rings is 1. The van der Waals surface area contributed by atoms with Gasteiger partial charge in [-0.25, -0.2) is 14.8 Å². The highest BCUT2D eigenvalue weighted by Gasteiger charge is 2.19. The van der Waals surface area contributed by atoms with Crippen molar-refractivity contribution in [2.24, 2.45) is 0 Å². The third-order valence-electron chi connectivity index (χ3n) is 3.86. The van der Waals surface area contributed by atoms with Gasteiger partial charge in [-0.3, -0.25) is 0 Å². The van der Waals surface area contributed by atoms with E-state index in [1.165, 1.54) is 0 Å². The summed E-state index contributed by atoms with van der Waals surface area (Å²) in [4.78, 5) is 24.7. The van der Waals surface area contributed by atoms with E-state index in [9.17, 15) is 4.79 Å². The standard InChI is InChI=1S/C17H20N4O2/c1-2-23-16(22)14-4-6-15(7-5-14)20-10-12-21(13-11-20)17-18-8-3-9-19-17/h3-9H,2,10-13H2,1H3. The van der Waals surface area contributed by atoms with Crippen LogP contribution in [0.25, 0.3) is 0 Å². The van der Waals surface area contributed by atoms with Crippen LogP contribution in [0.2, 0.25) is 0 Å². The number of nitrogens with zero attached hydrogens (tertiary/aromatic N) is 4. The van der Waals surface area contributed by atoms with Gasteiger partial charge in [0.1, 0.15) is 0 Å². The summed E-state index contributed by atoms with van der Waals surface area (Å²) in [5.41, 5.74) is 1.71. The monoisotopic (exact) mass is 312 g/mol. The lowest BCUT2D eigenvalue weighted by atomic mass is 10.2. The highest BCUT2D eigenvalue weighted by molar-refractivity contribution is 5.89. The van der Waals surface area contributed by atoms with Crippen LogP contribution in [0.4, 0.5) is 11.6 Å². The highest BCUT2D eigenvalue weighted by atomic mass is 16.5. The van der Waals surface area contributed by atoms with Crippen molar-refractivity contribution in [2.75, 3.05) is 42.6 Å². The van der Waals surface area contributed by atoms with Crippen LogP contribution in [0.1, 0.15) is 17.3 Å². The molecule has 1 fully saturated rings. The van der Waals surface area contributed by atoms with E-state index in [-0.39, 0.29) is 5.97 Å². The quantitative estimate of drug-likeness (QED) is 0.805. The first-order valence-corrected chi connectivity index (χ1v) is 7.82. The van der Waals surface area contributed by atoms with Gasteiger partial charge in [0.15, 0.2) is 0 Å². The maximum Gasteiger partial charge on any atom is 0.338 e. The Morgan fingerprint density at radius 2 is 1.65 bits per heavy atom. The van der Waals surface area contributed by atoms with Crippen molar-refractivity contribution in [3.8, 4) is 0 Å². The third-order valence-corrected chi connectivity index (χ3v) is 3.86. The number of hydrogen-bond donors (Lipinski definition) is 0. The number of carbonyl (C=O) groups excluding carboxylic acids is 1. The molecular weight excluding hydrogens is 292 g/mol. The minimum absolute atomic E-state index is 0.273. The van der Waals surface area contributed by atoms with Crippen molar-refractivity contribution in [2.45, 2.75) is 6.92 Å². The largest absolute Gasteiger partial charge is 0.462 e. The average molecular weight is 312 g/mol. The van der Waals surface area contributed by atoms with Gasteiger partial charge in [-0.05, 0) is 37.3 Å². The molecule has 3 rings (SSSR count). The van der Waals surface area contributed by atoms with Crippen LogP contribution in [-0.2, 0) is 4.74 Å². The lowest BCUT2D eigenvalue weighted by molar-refractivity contribution is 0.0526. The summed E-state index contributed by atoms with van der Waals surface area (Å²) in [5.74, 6) is 0.509. The van der Waals surface area contributed by atoms with Gasteiger partial charge in [0, 0.05) is 44.3 Å². The van der Waals surface area contributed by atoms with Gasteiger partial charge in [-0.1, -0.05) is 0 Å². The number of rotatable bonds is 4. The maximum atomic E-state index is 11.7. The molecule has 1 saturated heterocycles. The van der Waals surface area contributed by atoms with Crippen molar-refractivity contribution in [3.05, 3.63) is 48.3 Å². The molecule has 1 aliphatic rings. The minimum Gasteiger partial charge on any atom is -0.462 e. The molecule has 0 aliphatic carbocycles.